The molecular formula is C9H12N2O2S. The number of nitrogen functional groups attached to an aromatic ring is 1. The van der Waals surface area contributed by atoms with Crippen molar-refractivity contribution in [2.24, 2.45) is 5.73 Å². The van der Waals surface area contributed by atoms with Gasteiger partial charge in [-0.15, -0.1) is 0 Å². The Kier molecular flexibility index (Phi) is 2.90. The summed E-state index contributed by atoms with van der Waals surface area (Å²) in [4.78, 5) is 0. The highest BCUT2D eigenvalue weighted by molar-refractivity contribution is 7.89. The molecule has 0 unspecified atom stereocenters. The third-order valence-corrected chi connectivity index (χ3v) is 2.55. The van der Waals surface area contributed by atoms with E-state index in [2.05, 4.69) is 0 Å². The Bertz CT molecular complexity index is 434. The molecule has 1 aromatic rings. The molecule has 0 aliphatic rings. The van der Waals surface area contributed by atoms with Gasteiger partial charge in [0, 0.05) is 11.8 Å². The number of hydrogen-bond acceptors (Lipinski definition) is 3. The molecule has 0 saturated heterocycles. The summed E-state index contributed by atoms with van der Waals surface area (Å²) in [7, 11) is -3.00. The van der Waals surface area contributed by atoms with E-state index in [1.165, 1.54) is 6.26 Å². The molecule has 0 radical (unpaired) electrons. The molecule has 14 heavy (non-hydrogen) atoms. The summed E-state index contributed by atoms with van der Waals surface area (Å²) in [6, 6.07) is 6.61. The predicted molar refractivity (Wildman–Crippen MR) is 56.0 cm³/mol. The second-order valence-electron chi connectivity index (χ2n) is 3.18. The molecule has 5 heteroatoms. The highest BCUT2D eigenvalue weighted by atomic mass is 32.2. The van der Waals surface area contributed by atoms with E-state index in [1.54, 1.807) is 24.3 Å². The second-order valence-corrected chi connectivity index (χ2v) is 5.32. The number of rotatable bonds is 3. The van der Waals surface area contributed by atoms with Gasteiger partial charge in [0.1, 0.15) is 5.84 Å². The minimum atomic E-state index is -3.00. The lowest BCUT2D eigenvalue weighted by atomic mass is 10.1. The summed E-state index contributed by atoms with van der Waals surface area (Å²) in [6.07, 6.45) is 1.19. The molecule has 1 aromatic carbocycles. The lowest BCUT2D eigenvalue weighted by Gasteiger charge is -2.01. The van der Waals surface area contributed by atoms with E-state index in [9.17, 15) is 8.42 Å². The number of amidine groups is 1. The second kappa shape index (κ2) is 3.79. The first kappa shape index (κ1) is 10.7. The fourth-order valence-electron chi connectivity index (χ4n) is 1.08. The third kappa shape index (κ3) is 3.18. The van der Waals surface area contributed by atoms with E-state index in [1.807, 2.05) is 0 Å². The van der Waals surface area contributed by atoms with Gasteiger partial charge in [-0.1, -0.05) is 24.3 Å². The molecule has 4 nitrogen and oxygen atoms in total. The Morgan fingerprint density at radius 1 is 1.36 bits per heavy atom. The summed E-state index contributed by atoms with van der Waals surface area (Å²) < 4.78 is 21.9. The van der Waals surface area contributed by atoms with E-state index in [-0.39, 0.29) is 11.6 Å². The normalized spacial score (nSPS) is 11.2. The summed E-state index contributed by atoms with van der Waals surface area (Å²) in [5, 5.41) is 7.15. The predicted octanol–water partition coefficient (Wildman–Crippen LogP) is 0.515. The van der Waals surface area contributed by atoms with Crippen LogP contribution in [-0.4, -0.2) is 20.5 Å². The van der Waals surface area contributed by atoms with Gasteiger partial charge in [-0.25, -0.2) is 8.42 Å². The van der Waals surface area contributed by atoms with Crippen LogP contribution in [0.25, 0.3) is 0 Å². The average Bonchev–Trinajstić information content (AvgIpc) is 2.02. The molecular weight excluding hydrogens is 200 g/mol. The van der Waals surface area contributed by atoms with Gasteiger partial charge < -0.3 is 5.73 Å². The molecule has 0 aliphatic carbocycles. The van der Waals surface area contributed by atoms with Crippen molar-refractivity contribution in [3.8, 4) is 0 Å². The van der Waals surface area contributed by atoms with Crippen molar-refractivity contribution < 1.29 is 8.42 Å². The van der Waals surface area contributed by atoms with Crippen LogP contribution in [0, 0.1) is 5.41 Å². The highest BCUT2D eigenvalue weighted by Gasteiger charge is 2.04. The van der Waals surface area contributed by atoms with Crippen molar-refractivity contribution >= 4 is 15.7 Å². The molecule has 1 rings (SSSR count). The van der Waals surface area contributed by atoms with E-state index in [0.29, 0.717) is 11.1 Å². The van der Waals surface area contributed by atoms with Gasteiger partial charge in [0.15, 0.2) is 9.84 Å². The lowest BCUT2D eigenvalue weighted by molar-refractivity contribution is 0.601. The van der Waals surface area contributed by atoms with Crippen LogP contribution in [0.2, 0.25) is 0 Å². The van der Waals surface area contributed by atoms with Gasteiger partial charge >= 0.3 is 0 Å². The topological polar surface area (TPSA) is 84.0 Å². The standard InChI is InChI=1S/C9H12N2O2S/c1-14(12,13)6-7-2-4-8(5-3-7)9(10)11/h2-5H,6H2,1H3,(H3,10,11). The van der Waals surface area contributed by atoms with Crippen LogP contribution in [0.4, 0.5) is 0 Å². The molecule has 0 amide bonds. The minimum absolute atomic E-state index is 0.0177. The quantitative estimate of drug-likeness (QED) is 0.565. The van der Waals surface area contributed by atoms with E-state index >= 15 is 0 Å². The summed E-state index contributed by atoms with van der Waals surface area (Å²) in [5.41, 5.74) is 6.56. The lowest BCUT2D eigenvalue weighted by Crippen LogP contribution is -2.11. The van der Waals surface area contributed by atoms with Gasteiger partial charge in [0.2, 0.25) is 0 Å². The van der Waals surface area contributed by atoms with Crippen LogP contribution in [0.3, 0.4) is 0 Å². The molecule has 0 fully saturated rings. The van der Waals surface area contributed by atoms with Gasteiger partial charge in [-0.2, -0.15) is 0 Å². The van der Waals surface area contributed by atoms with Crippen molar-refractivity contribution in [1.82, 2.24) is 0 Å². The monoisotopic (exact) mass is 212 g/mol. The Labute approximate surface area is 83.2 Å². The van der Waals surface area contributed by atoms with Gasteiger partial charge in [0.25, 0.3) is 0 Å². The van der Waals surface area contributed by atoms with Crippen molar-refractivity contribution in [2.45, 2.75) is 5.75 Å². The average molecular weight is 212 g/mol. The number of sulfone groups is 1. The maximum Gasteiger partial charge on any atom is 0.151 e. The number of hydrogen-bond donors (Lipinski definition) is 2. The van der Waals surface area contributed by atoms with E-state index in [0.717, 1.165) is 0 Å². The molecule has 0 aliphatic heterocycles. The maximum absolute atomic E-state index is 11.0. The van der Waals surface area contributed by atoms with Gasteiger partial charge in [-0.3, -0.25) is 5.41 Å². The van der Waals surface area contributed by atoms with Crippen LogP contribution in [0.5, 0.6) is 0 Å². The summed E-state index contributed by atoms with van der Waals surface area (Å²) >= 11 is 0. The fourth-order valence-corrected chi connectivity index (χ4v) is 1.88. The SMILES string of the molecule is CS(=O)(=O)Cc1ccc(C(=N)N)cc1. The van der Waals surface area contributed by atoms with E-state index < -0.39 is 9.84 Å². The summed E-state index contributed by atoms with van der Waals surface area (Å²) in [6.45, 7) is 0. The van der Waals surface area contributed by atoms with Gasteiger partial charge in [0.05, 0.1) is 5.75 Å². The van der Waals surface area contributed by atoms with Crippen molar-refractivity contribution in [2.75, 3.05) is 6.26 Å². The zero-order chi connectivity index (χ0) is 10.8. The van der Waals surface area contributed by atoms with Crippen LogP contribution in [0.15, 0.2) is 24.3 Å². The number of nitrogens with one attached hydrogen (secondary N) is 1. The number of nitrogens with two attached hydrogens (primary N) is 1. The molecule has 0 heterocycles. The zero-order valence-electron chi connectivity index (χ0n) is 7.82. The van der Waals surface area contributed by atoms with Gasteiger partial charge in [-0.05, 0) is 5.56 Å². The molecule has 0 saturated carbocycles. The van der Waals surface area contributed by atoms with Crippen LogP contribution < -0.4 is 5.73 Å². The Balaban J connectivity index is 2.90. The first-order chi connectivity index (χ1) is 6.38. The molecule has 0 aromatic heterocycles. The molecule has 76 valence electrons. The van der Waals surface area contributed by atoms with Crippen LogP contribution in [0.1, 0.15) is 11.1 Å². The van der Waals surface area contributed by atoms with Crippen molar-refractivity contribution in [3.05, 3.63) is 35.4 Å². The summed E-state index contributed by atoms with van der Waals surface area (Å²) in [5.74, 6) is 0.00135. The van der Waals surface area contributed by atoms with Crippen molar-refractivity contribution in [1.29, 1.82) is 5.41 Å². The highest BCUT2D eigenvalue weighted by Crippen LogP contribution is 2.07. The maximum atomic E-state index is 11.0. The Morgan fingerprint density at radius 2 is 1.86 bits per heavy atom. The molecule has 0 spiro atoms. The van der Waals surface area contributed by atoms with Crippen LogP contribution in [-0.2, 0) is 15.6 Å². The van der Waals surface area contributed by atoms with Crippen LogP contribution >= 0.6 is 0 Å². The molecule has 3 N–H and O–H groups in total. The Hall–Kier alpha value is -1.36. The zero-order valence-corrected chi connectivity index (χ0v) is 8.64. The fraction of sp³-hybridized carbons (Fsp3) is 0.222. The molecule has 0 atom stereocenters. The smallest absolute Gasteiger partial charge is 0.151 e. The minimum Gasteiger partial charge on any atom is -0.384 e. The largest absolute Gasteiger partial charge is 0.384 e. The van der Waals surface area contributed by atoms with E-state index in [4.69, 9.17) is 11.1 Å². The number of benzene rings is 1. The third-order valence-electron chi connectivity index (χ3n) is 1.69. The van der Waals surface area contributed by atoms with Crippen molar-refractivity contribution in [3.63, 3.8) is 0 Å². The Morgan fingerprint density at radius 3 is 2.21 bits per heavy atom. The molecule has 0 bridgehead atoms. The first-order valence-electron chi connectivity index (χ1n) is 3.99. The first-order valence-corrected chi connectivity index (χ1v) is 6.05.